The minimum atomic E-state index is 0.290. The van der Waals surface area contributed by atoms with Crippen molar-refractivity contribution in [3.8, 4) is 11.5 Å². The molecule has 0 fully saturated rings. The summed E-state index contributed by atoms with van der Waals surface area (Å²) in [4.78, 5) is 0. The zero-order valence-corrected chi connectivity index (χ0v) is 19.4. The molecule has 0 bridgehead atoms. The number of nitrogens with one attached hydrogen (secondary N) is 1. The fourth-order valence-electron chi connectivity index (χ4n) is 2.59. The molecule has 0 saturated carbocycles. The summed E-state index contributed by atoms with van der Waals surface area (Å²) in [6.07, 6.45) is 0. The lowest BCUT2D eigenvalue weighted by Gasteiger charge is -2.15. The first-order chi connectivity index (χ1) is 14.5. The van der Waals surface area contributed by atoms with Crippen LogP contribution >= 0.6 is 46.6 Å². The second-order valence-electron chi connectivity index (χ2n) is 6.26. The molecule has 0 aliphatic rings. The maximum atomic E-state index is 6.45. The van der Waals surface area contributed by atoms with E-state index in [4.69, 9.17) is 44.3 Å². The third kappa shape index (κ3) is 6.15. The van der Waals surface area contributed by atoms with Crippen LogP contribution in [0.25, 0.3) is 0 Å². The van der Waals surface area contributed by atoms with E-state index < -0.39 is 0 Å². The minimum absolute atomic E-state index is 0.290. The van der Waals surface area contributed by atoms with Gasteiger partial charge in [-0.15, -0.1) is 5.10 Å². The van der Waals surface area contributed by atoms with E-state index in [9.17, 15) is 0 Å². The molecule has 0 spiro atoms. The number of hydrogen-bond donors (Lipinski definition) is 1. The Kier molecular flexibility index (Phi) is 8.47. The summed E-state index contributed by atoms with van der Waals surface area (Å²) in [6, 6.07) is 9.11. The SMILES string of the molecule is COc1cc(CNCCSc2nnnn2C)cc(Cl)c1OCc1ccc(Cl)c(Cl)c1. The van der Waals surface area contributed by atoms with Crippen molar-refractivity contribution in [1.29, 1.82) is 0 Å². The van der Waals surface area contributed by atoms with E-state index in [0.717, 1.165) is 28.6 Å². The van der Waals surface area contributed by atoms with Gasteiger partial charge in [-0.25, -0.2) is 4.68 Å². The molecule has 1 aromatic heterocycles. The minimum Gasteiger partial charge on any atom is -0.493 e. The van der Waals surface area contributed by atoms with Crippen LogP contribution in [0.3, 0.4) is 0 Å². The number of nitrogens with zero attached hydrogens (tertiary/aromatic N) is 4. The van der Waals surface area contributed by atoms with Gasteiger partial charge >= 0.3 is 0 Å². The number of ether oxygens (including phenoxy) is 2. The summed E-state index contributed by atoms with van der Waals surface area (Å²) in [6.45, 7) is 1.71. The Morgan fingerprint density at radius 3 is 2.57 bits per heavy atom. The van der Waals surface area contributed by atoms with Gasteiger partial charge in [0.2, 0.25) is 5.16 Å². The third-order valence-corrected chi connectivity index (χ3v) is 6.11. The number of rotatable bonds is 10. The Hall–Kier alpha value is -1.71. The molecular formula is C19H20Cl3N5O2S. The van der Waals surface area contributed by atoms with E-state index in [2.05, 4.69) is 20.8 Å². The highest BCUT2D eigenvalue weighted by atomic mass is 35.5. The number of benzene rings is 2. The van der Waals surface area contributed by atoms with Crippen LogP contribution in [0.2, 0.25) is 15.1 Å². The number of halogens is 3. The highest BCUT2D eigenvalue weighted by molar-refractivity contribution is 7.99. The highest BCUT2D eigenvalue weighted by Crippen LogP contribution is 2.37. The third-order valence-electron chi connectivity index (χ3n) is 4.08. The molecule has 0 saturated heterocycles. The summed E-state index contributed by atoms with van der Waals surface area (Å²) in [5.41, 5.74) is 1.87. The topological polar surface area (TPSA) is 74.1 Å². The Balaban J connectivity index is 1.55. The van der Waals surface area contributed by atoms with Gasteiger partial charge in [0.05, 0.1) is 22.2 Å². The molecule has 2 aromatic carbocycles. The monoisotopic (exact) mass is 487 g/mol. The molecule has 7 nitrogen and oxygen atoms in total. The molecule has 0 aliphatic heterocycles. The number of aromatic nitrogens is 4. The quantitative estimate of drug-likeness (QED) is 0.329. The van der Waals surface area contributed by atoms with Gasteiger partial charge in [-0.05, 0) is 45.8 Å². The zero-order chi connectivity index (χ0) is 21.5. The van der Waals surface area contributed by atoms with E-state index in [1.807, 2.05) is 25.2 Å². The van der Waals surface area contributed by atoms with Crippen molar-refractivity contribution in [1.82, 2.24) is 25.5 Å². The smallest absolute Gasteiger partial charge is 0.209 e. The van der Waals surface area contributed by atoms with Crippen molar-refractivity contribution >= 4 is 46.6 Å². The van der Waals surface area contributed by atoms with Crippen LogP contribution in [0.1, 0.15) is 11.1 Å². The summed E-state index contributed by atoms with van der Waals surface area (Å²) in [5, 5.41) is 17.0. The number of thioether (sulfide) groups is 1. The van der Waals surface area contributed by atoms with Crippen molar-refractivity contribution in [2.45, 2.75) is 18.3 Å². The lowest BCUT2D eigenvalue weighted by atomic mass is 10.2. The van der Waals surface area contributed by atoms with Crippen LogP contribution in [0.5, 0.6) is 11.5 Å². The average Bonchev–Trinajstić information content (AvgIpc) is 3.13. The molecule has 3 rings (SSSR count). The van der Waals surface area contributed by atoms with Gasteiger partial charge in [0.1, 0.15) is 6.61 Å². The largest absolute Gasteiger partial charge is 0.493 e. The molecular weight excluding hydrogens is 469 g/mol. The molecule has 3 aromatic rings. The van der Waals surface area contributed by atoms with Crippen molar-refractivity contribution in [2.24, 2.45) is 7.05 Å². The standard InChI is InChI=1S/C19H20Cl3N5O2S/c1-27-19(24-25-26-27)30-6-5-23-10-13-8-16(22)18(17(9-13)28-2)29-11-12-3-4-14(20)15(21)7-12/h3-4,7-9,23H,5-6,10-11H2,1-2H3. The van der Waals surface area contributed by atoms with Crippen LogP contribution in [0, 0.1) is 0 Å². The number of tetrazole rings is 1. The molecule has 0 amide bonds. The van der Waals surface area contributed by atoms with Crippen molar-refractivity contribution in [2.75, 3.05) is 19.4 Å². The van der Waals surface area contributed by atoms with Gasteiger partial charge in [-0.3, -0.25) is 0 Å². The molecule has 11 heteroatoms. The second-order valence-corrected chi connectivity index (χ2v) is 8.54. The van der Waals surface area contributed by atoms with Gasteiger partial charge in [0.25, 0.3) is 0 Å². The van der Waals surface area contributed by atoms with Crippen LogP contribution in [-0.2, 0) is 20.2 Å². The van der Waals surface area contributed by atoms with E-state index >= 15 is 0 Å². The average molecular weight is 489 g/mol. The summed E-state index contributed by atoms with van der Waals surface area (Å²) < 4.78 is 13.0. The first-order valence-electron chi connectivity index (χ1n) is 8.97. The Morgan fingerprint density at radius 1 is 1.07 bits per heavy atom. The van der Waals surface area contributed by atoms with Crippen molar-refractivity contribution in [3.63, 3.8) is 0 Å². The number of aryl methyl sites for hydroxylation is 1. The van der Waals surface area contributed by atoms with Gasteiger partial charge in [-0.1, -0.05) is 52.6 Å². The maximum Gasteiger partial charge on any atom is 0.209 e. The zero-order valence-electron chi connectivity index (χ0n) is 16.4. The van der Waals surface area contributed by atoms with Crippen molar-refractivity contribution < 1.29 is 9.47 Å². The molecule has 1 N–H and O–H groups in total. The lowest BCUT2D eigenvalue weighted by molar-refractivity contribution is 0.284. The van der Waals surface area contributed by atoms with Crippen molar-refractivity contribution in [3.05, 3.63) is 56.5 Å². The molecule has 0 unspecified atom stereocenters. The van der Waals surface area contributed by atoms with Gasteiger partial charge < -0.3 is 14.8 Å². The molecule has 0 aliphatic carbocycles. The van der Waals surface area contributed by atoms with Crippen LogP contribution in [0.15, 0.2) is 35.5 Å². The summed E-state index contributed by atoms with van der Waals surface area (Å²) in [7, 11) is 3.40. The molecule has 160 valence electrons. The molecule has 0 atom stereocenters. The normalized spacial score (nSPS) is 11.0. The summed E-state index contributed by atoms with van der Waals surface area (Å²) in [5.74, 6) is 1.89. The number of hydrogen-bond acceptors (Lipinski definition) is 7. The second kappa shape index (κ2) is 11.1. The van der Waals surface area contributed by atoms with Crippen LogP contribution in [-0.4, -0.2) is 39.6 Å². The van der Waals surface area contributed by atoms with Crippen LogP contribution < -0.4 is 14.8 Å². The predicted octanol–water partition coefficient (Wildman–Crippen LogP) is 4.64. The maximum absolute atomic E-state index is 6.45. The fourth-order valence-corrected chi connectivity index (χ4v) is 3.95. The van der Waals surface area contributed by atoms with E-state index in [0.29, 0.717) is 39.7 Å². The van der Waals surface area contributed by atoms with E-state index in [-0.39, 0.29) is 0 Å². The first kappa shape index (κ1) is 23.0. The highest BCUT2D eigenvalue weighted by Gasteiger charge is 2.13. The van der Waals surface area contributed by atoms with E-state index in [1.54, 1.807) is 35.7 Å². The van der Waals surface area contributed by atoms with Gasteiger partial charge in [0.15, 0.2) is 11.5 Å². The first-order valence-corrected chi connectivity index (χ1v) is 11.1. The molecule has 1 heterocycles. The van der Waals surface area contributed by atoms with Crippen LogP contribution in [0.4, 0.5) is 0 Å². The molecule has 0 radical (unpaired) electrons. The molecule has 30 heavy (non-hydrogen) atoms. The Labute approximate surface area is 194 Å². The van der Waals surface area contributed by atoms with Gasteiger partial charge in [0, 0.05) is 25.9 Å². The Bertz CT molecular complexity index is 1000. The predicted molar refractivity (Wildman–Crippen MR) is 120 cm³/mol. The lowest BCUT2D eigenvalue weighted by Crippen LogP contribution is -2.17. The number of methoxy groups -OCH3 is 1. The fraction of sp³-hybridized carbons (Fsp3) is 0.316. The Morgan fingerprint density at radius 2 is 1.87 bits per heavy atom. The van der Waals surface area contributed by atoms with Gasteiger partial charge in [-0.2, -0.15) is 0 Å². The summed E-state index contributed by atoms with van der Waals surface area (Å²) >= 11 is 20.0. The van der Waals surface area contributed by atoms with E-state index in [1.165, 1.54) is 0 Å².